The minimum atomic E-state index is 0.407. The standard InChI is InChI=1S/C17H12N4/c18-17-16-15(19-12-8-4-5-9-13(12)20-16)10-14(21-17)11-6-2-1-3-7-11/h1-10H,(H2,18,21). The molecule has 0 amide bonds. The fraction of sp³-hybridized carbons (Fsp3) is 0. The lowest BCUT2D eigenvalue weighted by Crippen LogP contribution is -1.98. The van der Waals surface area contributed by atoms with Gasteiger partial charge in [-0.05, 0) is 18.2 Å². The number of nitrogens with zero attached hydrogens (tertiary/aromatic N) is 3. The number of anilines is 1. The van der Waals surface area contributed by atoms with Gasteiger partial charge >= 0.3 is 0 Å². The summed E-state index contributed by atoms with van der Waals surface area (Å²) in [5.74, 6) is 0.407. The summed E-state index contributed by atoms with van der Waals surface area (Å²) in [7, 11) is 0. The zero-order chi connectivity index (χ0) is 14.2. The molecular formula is C17H12N4. The topological polar surface area (TPSA) is 64.7 Å². The fourth-order valence-corrected chi connectivity index (χ4v) is 2.40. The van der Waals surface area contributed by atoms with Gasteiger partial charge in [-0.25, -0.2) is 15.0 Å². The normalized spacial score (nSPS) is 11.0. The van der Waals surface area contributed by atoms with Gasteiger partial charge in [0, 0.05) is 5.56 Å². The number of pyridine rings is 1. The number of nitrogens with two attached hydrogens (primary N) is 1. The molecule has 0 aliphatic carbocycles. The van der Waals surface area contributed by atoms with Gasteiger partial charge < -0.3 is 5.73 Å². The highest BCUT2D eigenvalue weighted by Crippen LogP contribution is 2.25. The highest BCUT2D eigenvalue weighted by molar-refractivity contribution is 5.93. The average molecular weight is 272 g/mol. The Balaban J connectivity index is 2.03. The molecule has 0 unspecified atom stereocenters. The molecule has 0 aliphatic rings. The predicted octanol–water partition coefficient (Wildman–Crippen LogP) is 3.43. The van der Waals surface area contributed by atoms with Gasteiger partial charge in [-0.1, -0.05) is 42.5 Å². The second-order valence-electron chi connectivity index (χ2n) is 4.84. The molecule has 100 valence electrons. The van der Waals surface area contributed by atoms with Crippen LogP contribution in [0.3, 0.4) is 0 Å². The van der Waals surface area contributed by atoms with Crippen molar-refractivity contribution in [2.45, 2.75) is 0 Å². The summed E-state index contributed by atoms with van der Waals surface area (Å²) < 4.78 is 0. The highest BCUT2D eigenvalue weighted by Gasteiger charge is 2.09. The van der Waals surface area contributed by atoms with Crippen LogP contribution in [0.2, 0.25) is 0 Å². The number of hydrogen-bond donors (Lipinski definition) is 1. The molecule has 4 aromatic rings. The second-order valence-corrected chi connectivity index (χ2v) is 4.84. The van der Waals surface area contributed by atoms with Crippen LogP contribution in [0.1, 0.15) is 0 Å². The van der Waals surface area contributed by atoms with Crippen molar-refractivity contribution in [1.29, 1.82) is 0 Å². The lowest BCUT2D eigenvalue weighted by Gasteiger charge is -2.06. The van der Waals surface area contributed by atoms with Crippen molar-refractivity contribution in [3.05, 3.63) is 60.7 Å². The lowest BCUT2D eigenvalue weighted by atomic mass is 10.1. The van der Waals surface area contributed by atoms with E-state index < -0.39 is 0 Å². The van der Waals surface area contributed by atoms with Crippen molar-refractivity contribution in [2.24, 2.45) is 0 Å². The highest BCUT2D eigenvalue weighted by atomic mass is 14.9. The number of rotatable bonds is 1. The van der Waals surface area contributed by atoms with Crippen molar-refractivity contribution >= 4 is 27.9 Å². The third-order valence-electron chi connectivity index (χ3n) is 3.42. The summed E-state index contributed by atoms with van der Waals surface area (Å²) in [5.41, 5.74) is 11.0. The Hall–Kier alpha value is -3.01. The van der Waals surface area contributed by atoms with Gasteiger partial charge in [-0.2, -0.15) is 0 Å². The molecule has 0 atom stereocenters. The molecular weight excluding hydrogens is 260 g/mol. The number of para-hydroxylation sites is 2. The van der Waals surface area contributed by atoms with E-state index in [0.29, 0.717) is 11.3 Å². The molecule has 0 fully saturated rings. The SMILES string of the molecule is Nc1nc(-c2ccccc2)cc2nc3ccccc3nc12. The van der Waals surface area contributed by atoms with Crippen molar-refractivity contribution in [1.82, 2.24) is 15.0 Å². The molecule has 2 aromatic carbocycles. The zero-order valence-corrected chi connectivity index (χ0v) is 11.2. The van der Waals surface area contributed by atoms with Crippen molar-refractivity contribution in [3.8, 4) is 11.3 Å². The molecule has 2 heterocycles. The summed E-state index contributed by atoms with van der Waals surface area (Å²) >= 11 is 0. The molecule has 0 radical (unpaired) electrons. The quantitative estimate of drug-likeness (QED) is 0.539. The largest absolute Gasteiger partial charge is 0.382 e. The molecule has 0 saturated carbocycles. The van der Waals surface area contributed by atoms with Crippen molar-refractivity contribution in [2.75, 3.05) is 5.73 Å². The van der Waals surface area contributed by atoms with E-state index in [9.17, 15) is 0 Å². The Labute approximate surface area is 121 Å². The van der Waals surface area contributed by atoms with Gasteiger partial charge in [0.25, 0.3) is 0 Å². The summed E-state index contributed by atoms with van der Waals surface area (Å²) in [4.78, 5) is 13.7. The van der Waals surface area contributed by atoms with E-state index in [1.807, 2.05) is 60.7 Å². The van der Waals surface area contributed by atoms with Gasteiger partial charge in [0.2, 0.25) is 0 Å². The molecule has 4 rings (SSSR count). The van der Waals surface area contributed by atoms with Crippen LogP contribution >= 0.6 is 0 Å². The molecule has 21 heavy (non-hydrogen) atoms. The van der Waals surface area contributed by atoms with Crippen LogP contribution in [0.15, 0.2) is 60.7 Å². The van der Waals surface area contributed by atoms with Crippen LogP contribution in [-0.4, -0.2) is 15.0 Å². The van der Waals surface area contributed by atoms with E-state index in [1.54, 1.807) is 0 Å². The maximum atomic E-state index is 6.07. The van der Waals surface area contributed by atoms with Gasteiger partial charge in [-0.15, -0.1) is 0 Å². The number of nitrogen functional groups attached to an aromatic ring is 1. The maximum absolute atomic E-state index is 6.07. The van der Waals surface area contributed by atoms with Crippen LogP contribution in [0, 0.1) is 0 Å². The van der Waals surface area contributed by atoms with E-state index in [2.05, 4.69) is 15.0 Å². The third kappa shape index (κ3) is 1.97. The number of benzene rings is 2. The first-order chi connectivity index (χ1) is 10.3. The van der Waals surface area contributed by atoms with Crippen molar-refractivity contribution in [3.63, 3.8) is 0 Å². The zero-order valence-electron chi connectivity index (χ0n) is 11.2. The molecule has 0 aliphatic heterocycles. The van der Waals surface area contributed by atoms with Gasteiger partial charge in [0.15, 0.2) is 5.82 Å². The second kappa shape index (κ2) is 4.52. The predicted molar refractivity (Wildman–Crippen MR) is 84.7 cm³/mol. The minimum Gasteiger partial charge on any atom is -0.382 e. The Morgan fingerprint density at radius 3 is 2.10 bits per heavy atom. The Kier molecular flexibility index (Phi) is 2.54. The molecule has 0 bridgehead atoms. The van der Waals surface area contributed by atoms with Gasteiger partial charge in [-0.3, -0.25) is 0 Å². The van der Waals surface area contributed by atoms with Crippen LogP contribution < -0.4 is 5.73 Å². The van der Waals surface area contributed by atoms with E-state index in [-0.39, 0.29) is 0 Å². The molecule has 0 spiro atoms. The average Bonchev–Trinajstić information content (AvgIpc) is 2.54. The molecule has 4 nitrogen and oxygen atoms in total. The summed E-state index contributed by atoms with van der Waals surface area (Å²) in [6, 6.07) is 19.6. The van der Waals surface area contributed by atoms with Crippen LogP contribution in [0.25, 0.3) is 33.3 Å². The first kappa shape index (κ1) is 11.8. The Morgan fingerprint density at radius 2 is 1.33 bits per heavy atom. The summed E-state index contributed by atoms with van der Waals surface area (Å²) in [6.45, 7) is 0. The third-order valence-corrected chi connectivity index (χ3v) is 3.42. The first-order valence-electron chi connectivity index (χ1n) is 6.70. The monoisotopic (exact) mass is 272 g/mol. The summed E-state index contributed by atoms with van der Waals surface area (Å²) in [5, 5.41) is 0. The summed E-state index contributed by atoms with van der Waals surface area (Å²) in [6.07, 6.45) is 0. The Morgan fingerprint density at radius 1 is 0.667 bits per heavy atom. The van der Waals surface area contributed by atoms with Crippen LogP contribution in [0.5, 0.6) is 0 Å². The van der Waals surface area contributed by atoms with E-state index in [4.69, 9.17) is 5.73 Å². The lowest BCUT2D eigenvalue weighted by molar-refractivity contribution is 1.31. The molecule has 0 saturated heterocycles. The fourth-order valence-electron chi connectivity index (χ4n) is 2.40. The van der Waals surface area contributed by atoms with Crippen LogP contribution in [0.4, 0.5) is 5.82 Å². The number of fused-ring (bicyclic) bond motifs is 2. The minimum absolute atomic E-state index is 0.407. The van der Waals surface area contributed by atoms with Crippen molar-refractivity contribution < 1.29 is 0 Å². The van der Waals surface area contributed by atoms with E-state index in [1.165, 1.54) is 0 Å². The molecule has 2 aromatic heterocycles. The number of aromatic nitrogens is 3. The van der Waals surface area contributed by atoms with E-state index in [0.717, 1.165) is 27.8 Å². The first-order valence-corrected chi connectivity index (χ1v) is 6.70. The van der Waals surface area contributed by atoms with Gasteiger partial charge in [0.1, 0.15) is 5.52 Å². The molecule has 4 heteroatoms. The number of hydrogen-bond acceptors (Lipinski definition) is 4. The Bertz CT molecular complexity index is 949. The van der Waals surface area contributed by atoms with Gasteiger partial charge in [0.05, 0.1) is 22.2 Å². The molecule has 2 N–H and O–H groups in total. The maximum Gasteiger partial charge on any atom is 0.152 e. The van der Waals surface area contributed by atoms with E-state index >= 15 is 0 Å². The van der Waals surface area contributed by atoms with Crippen LogP contribution in [-0.2, 0) is 0 Å². The smallest absolute Gasteiger partial charge is 0.152 e.